The number of nitrogens with one attached hydrogen (secondary N) is 2. The van der Waals surface area contributed by atoms with Gasteiger partial charge in [0.05, 0.1) is 6.10 Å². The minimum Gasteiger partial charge on any atom is -0.491 e. The lowest BCUT2D eigenvalue weighted by atomic mass is 9.97. The van der Waals surface area contributed by atoms with Crippen LogP contribution in [0.3, 0.4) is 0 Å². The van der Waals surface area contributed by atoms with Crippen LogP contribution in [0.2, 0.25) is 0 Å². The van der Waals surface area contributed by atoms with E-state index in [1.165, 1.54) is 5.56 Å². The first kappa shape index (κ1) is 19.9. The summed E-state index contributed by atoms with van der Waals surface area (Å²) >= 11 is 5.32. The number of rotatable bonds is 6. The average molecular weight is 371 g/mol. The molecule has 0 radical (unpaired) electrons. The molecule has 0 aliphatic heterocycles. The molecule has 0 aliphatic carbocycles. The Bertz CT molecular complexity index is 774. The van der Waals surface area contributed by atoms with Gasteiger partial charge in [0.15, 0.2) is 5.11 Å². The molecule has 1 amide bonds. The Balaban J connectivity index is 2.05. The van der Waals surface area contributed by atoms with E-state index in [9.17, 15) is 4.79 Å². The lowest BCUT2D eigenvalue weighted by Crippen LogP contribution is -2.34. The fourth-order valence-electron chi connectivity index (χ4n) is 2.57. The Morgan fingerprint density at radius 2 is 1.85 bits per heavy atom. The van der Waals surface area contributed by atoms with Gasteiger partial charge in [0, 0.05) is 11.3 Å². The topological polar surface area (TPSA) is 50.4 Å². The normalized spacial score (nSPS) is 11.7. The maximum atomic E-state index is 12.5. The van der Waals surface area contributed by atoms with E-state index in [1.807, 2.05) is 38.1 Å². The molecular weight excluding hydrogens is 344 g/mol. The van der Waals surface area contributed by atoms with Gasteiger partial charge < -0.3 is 10.1 Å². The second-order valence-electron chi connectivity index (χ2n) is 6.50. The molecule has 0 aromatic heterocycles. The van der Waals surface area contributed by atoms with Crippen LogP contribution in [0.5, 0.6) is 5.75 Å². The molecule has 0 bridgehead atoms. The van der Waals surface area contributed by atoms with E-state index in [0.29, 0.717) is 17.2 Å². The first-order valence-electron chi connectivity index (χ1n) is 8.88. The number of amides is 1. The number of carbonyl (C=O) groups excluding carboxylic acids is 1. The summed E-state index contributed by atoms with van der Waals surface area (Å²) in [6.07, 6.45) is 1.08. The molecule has 0 unspecified atom stereocenters. The summed E-state index contributed by atoms with van der Waals surface area (Å²) in [6, 6.07) is 15.1. The van der Waals surface area contributed by atoms with Crippen molar-refractivity contribution in [1.29, 1.82) is 0 Å². The minimum absolute atomic E-state index is 0.0492. The van der Waals surface area contributed by atoms with Crippen molar-refractivity contribution >= 4 is 28.9 Å². The van der Waals surface area contributed by atoms with Crippen LogP contribution in [-0.2, 0) is 0 Å². The van der Waals surface area contributed by atoms with Crippen LogP contribution in [0.15, 0.2) is 48.5 Å². The van der Waals surface area contributed by atoms with E-state index in [-0.39, 0.29) is 17.1 Å². The fraction of sp³-hybridized carbons (Fsp3) is 0.333. The van der Waals surface area contributed by atoms with Gasteiger partial charge in [-0.25, -0.2) is 0 Å². The predicted octanol–water partition coefficient (Wildman–Crippen LogP) is 5.11. The molecule has 0 fully saturated rings. The number of benzene rings is 2. The van der Waals surface area contributed by atoms with Crippen LogP contribution in [0.1, 0.15) is 56.0 Å². The summed E-state index contributed by atoms with van der Waals surface area (Å²) in [5.41, 5.74) is 2.60. The van der Waals surface area contributed by atoms with Gasteiger partial charge in [-0.3, -0.25) is 10.1 Å². The zero-order valence-electron chi connectivity index (χ0n) is 15.7. The highest BCUT2D eigenvalue weighted by Crippen LogP contribution is 2.26. The van der Waals surface area contributed by atoms with Crippen molar-refractivity contribution in [2.24, 2.45) is 0 Å². The maximum Gasteiger partial charge on any atom is 0.257 e. The molecular formula is C21H26N2O2S. The lowest BCUT2D eigenvalue weighted by molar-refractivity contribution is 0.0977. The largest absolute Gasteiger partial charge is 0.491 e. The van der Waals surface area contributed by atoms with Crippen molar-refractivity contribution in [3.63, 3.8) is 0 Å². The Kier molecular flexibility index (Phi) is 7.16. The summed E-state index contributed by atoms with van der Waals surface area (Å²) in [6.45, 7) is 8.21. The van der Waals surface area contributed by atoms with Crippen molar-refractivity contribution in [2.75, 3.05) is 5.32 Å². The third-order valence-electron chi connectivity index (χ3n) is 4.05. The van der Waals surface area contributed by atoms with Crippen molar-refractivity contribution in [3.05, 3.63) is 59.7 Å². The van der Waals surface area contributed by atoms with Crippen molar-refractivity contribution < 1.29 is 9.53 Å². The quantitative estimate of drug-likeness (QED) is 0.694. The smallest absolute Gasteiger partial charge is 0.257 e. The predicted molar refractivity (Wildman–Crippen MR) is 111 cm³/mol. The summed E-state index contributed by atoms with van der Waals surface area (Å²) in [4.78, 5) is 12.5. The van der Waals surface area contributed by atoms with Crippen LogP contribution in [-0.4, -0.2) is 17.1 Å². The molecule has 0 heterocycles. The SMILES string of the molecule is CC[C@H](C)c1ccccc1NC(=S)NC(=O)c1cccc(OC(C)C)c1. The van der Waals surface area contributed by atoms with E-state index in [0.717, 1.165) is 12.1 Å². The Labute approximate surface area is 161 Å². The molecule has 2 N–H and O–H groups in total. The van der Waals surface area contributed by atoms with Crippen LogP contribution in [0, 0.1) is 0 Å². The molecule has 2 rings (SSSR count). The highest BCUT2D eigenvalue weighted by atomic mass is 32.1. The molecule has 26 heavy (non-hydrogen) atoms. The van der Waals surface area contributed by atoms with Crippen molar-refractivity contribution in [3.8, 4) is 5.75 Å². The van der Waals surface area contributed by atoms with Gasteiger partial charge in [0.2, 0.25) is 0 Å². The summed E-state index contributed by atoms with van der Waals surface area (Å²) in [7, 11) is 0. The zero-order valence-corrected chi connectivity index (χ0v) is 16.5. The third kappa shape index (κ3) is 5.56. The maximum absolute atomic E-state index is 12.5. The van der Waals surface area contributed by atoms with E-state index >= 15 is 0 Å². The number of hydrogen-bond donors (Lipinski definition) is 2. The molecule has 138 valence electrons. The molecule has 2 aromatic carbocycles. The lowest BCUT2D eigenvalue weighted by Gasteiger charge is -2.17. The minimum atomic E-state index is -0.266. The van der Waals surface area contributed by atoms with E-state index in [1.54, 1.807) is 18.2 Å². The molecule has 2 aromatic rings. The molecule has 0 saturated heterocycles. The van der Waals surface area contributed by atoms with Gasteiger partial charge in [-0.15, -0.1) is 0 Å². The summed E-state index contributed by atoms with van der Waals surface area (Å²) < 4.78 is 5.63. The first-order chi connectivity index (χ1) is 12.4. The molecule has 0 saturated carbocycles. The first-order valence-corrected chi connectivity index (χ1v) is 9.29. The van der Waals surface area contributed by atoms with E-state index in [4.69, 9.17) is 17.0 Å². The van der Waals surface area contributed by atoms with E-state index < -0.39 is 0 Å². The molecule has 0 spiro atoms. The second-order valence-corrected chi connectivity index (χ2v) is 6.91. The van der Waals surface area contributed by atoms with Crippen LogP contribution >= 0.6 is 12.2 Å². The average Bonchev–Trinajstić information content (AvgIpc) is 2.61. The van der Waals surface area contributed by atoms with Gasteiger partial charge in [-0.1, -0.05) is 38.1 Å². The second kappa shape index (κ2) is 9.34. The Morgan fingerprint density at radius 3 is 2.54 bits per heavy atom. The summed E-state index contributed by atoms with van der Waals surface area (Å²) in [5, 5.41) is 6.16. The number of ether oxygens (including phenoxy) is 1. The van der Waals surface area contributed by atoms with Gasteiger partial charge in [0.25, 0.3) is 5.91 Å². The molecule has 1 atom stereocenters. The van der Waals surface area contributed by atoms with Gasteiger partial charge in [-0.2, -0.15) is 0 Å². The number of hydrogen-bond acceptors (Lipinski definition) is 3. The van der Waals surface area contributed by atoms with Crippen LogP contribution in [0.25, 0.3) is 0 Å². The van der Waals surface area contributed by atoms with Crippen LogP contribution < -0.4 is 15.4 Å². The van der Waals surface area contributed by atoms with Crippen molar-refractivity contribution in [1.82, 2.24) is 5.32 Å². The third-order valence-corrected chi connectivity index (χ3v) is 4.25. The number of para-hydroxylation sites is 1. The highest BCUT2D eigenvalue weighted by molar-refractivity contribution is 7.80. The Hall–Kier alpha value is -2.40. The molecule has 0 aliphatic rings. The van der Waals surface area contributed by atoms with Gasteiger partial charge in [-0.05, 0) is 68.2 Å². The molecule has 5 heteroatoms. The van der Waals surface area contributed by atoms with Gasteiger partial charge >= 0.3 is 0 Å². The summed E-state index contributed by atoms with van der Waals surface area (Å²) in [5.74, 6) is 0.799. The zero-order chi connectivity index (χ0) is 19.1. The monoisotopic (exact) mass is 370 g/mol. The number of carbonyl (C=O) groups is 1. The van der Waals surface area contributed by atoms with E-state index in [2.05, 4.69) is 30.5 Å². The van der Waals surface area contributed by atoms with Gasteiger partial charge in [0.1, 0.15) is 5.75 Å². The van der Waals surface area contributed by atoms with Crippen molar-refractivity contribution in [2.45, 2.75) is 46.1 Å². The Morgan fingerprint density at radius 1 is 1.12 bits per heavy atom. The molecule has 4 nitrogen and oxygen atoms in total. The highest BCUT2D eigenvalue weighted by Gasteiger charge is 2.12. The number of anilines is 1. The fourth-order valence-corrected chi connectivity index (χ4v) is 2.77. The standard InChI is InChI=1S/C21H26N2O2S/c1-5-15(4)18-11-6-7-12-19(18)22-21(26)23-20(24)16-9-8-10-17(13-16)25-14(2)3/h6-15H,5H2,1-4H3,(H2,22,23,24,26)/t15-/m0/s1. The number of thiocarbonyl (C=S) groups is 1. The van der Waals surface area contributed by atoms with Crippen LogP contribution in [0.4, 0.5) is 5.69 Å².